The van der Waals surface area contributed by atoms with Gasteiger partial charge in [-0.2, -0.15) is 0 Å². The minimum absolute atomic E-state index is 0.00294. The number of terminal acetylenes is 1. The maximum atomic E-state index is 11.8. The zero-order chi connectivity index (χ0) is 16.8. The number of aliphatic hydroxyl groups is 1. The minimum Gasteiger partial charge on any atom is -0.388 e. The Kier molecular flexibility index (Phi) is 6.14. The fourth-order valence-electron chi connectivity index (χ4n) is 1.83. The molecule has 2 amide bonds. The van der Waals surface area contributed by atoms with Gasteiger partial charge in [0.25, 0.3) is 0 Å². The van der Waals surface area contributed by atoms with E-state index in [9.17, 15) is 14.7 Å². The molecule has 0 aromatic heterocycles. The molecular formula is C17H22N2O3. The molecule has 0 aliphatic heterocycles. The van der Waals surface area contributed by atoms with Crippen LogP contribution in [0.3, 0.4) is 0 Å². The van der Waals surface area contributed by atoms with E-state index in [1.165, 1.54) is 0 Å². The van der Waals surface area contributed by atoms with Crippen molar-refractivity contribution < 1.29 is 14.7 Å². The van der Waals surface area contributed by atoms with Crippen LogP contribution in [-0.4, -0.2) is 29.1 Å². The van der Waals surface area contributed by atoms with Crippen LogP contribution in [0.25, 0.3) is 0 Å². The van der Waals surface area contributed by atoms with Crippen molar-refractivity contribution in [3.8, 4) is 12.3 Å². The standard InChI is InChI=1S/C17H22N2O3/c1-5-12(3)17(4,22)11-18-15(20)16(21)19-14-9-7-8-13(6-2)10-14/h2,7-10,12,22H,5,11H2,1,3-4H3,(H,18,20)(H,19,21)/t12-,17+/m0/s1. The van der Waals surface area contributed by atoms with Gasteiger partial charge in [0.2, 0.25) is 0 Å². The molecule has 5 heteroatoms. The fourth-order valence-corrected chi connectivity index (χ4v) is 1.83. The third kappa shape index (κ3) is 4.90. The molecule has 0 radical (unpaired) electrons. The first-order chi connectivity index (χ1) is 10.3. The molecule has 0 unspecified atom stereocenters. The Morgan fingerprint density at radius 2 is 2.09 bits per heavy atom. The Morgan fingerprint density at radius 3 is 2.68 bits per heavy atom. The minimum atomic E-state index is -1.06. The molecule has 0 aliphatic carbocycles. The van der Waals surface area contributed by atoms with Gasteiger partial charge < -0.3 is 15.7 Å². The summed E-state index contributed by atoms with van der Waals surface area (Å²) in [5.74, 6) is 0.858. The van der Waals surface area contributed by atoms with Crippen LogP contribution < -0.4 is 10.6 Å². The number of nitrogens with one attached hydrogen (secondary N) is 2. The molecule has 22 heavy (non-hydrogen) atoms. The molecule has 2 atom stereocenters. The molecule has 1 aromatic carbocycles. The monoisotopic (exact) mass is 302 g/mol. The average Bonchev–Trinajstić information content (AvgIpc) is 2.51. The van der Waals surface area contributed by atoms with Crippen LogP contribution in [0, 0.1) is 18.3 Å². The second-order valence-electron chi connectivity index (χ2n) is 5.53. The van der Waals surface area contributed by atoms with Gasteiger partial charge in [-0.25, -0.2) is 0 Å². The third-order valence-electron chi connectivity index (χ3n) is 3.77. The van der Waals surface area contributed by atoms with Crippen molar-refractivity contribution in [3.63, 3.8) is 0 Å². The summed E-state index contributed by atoms with van der Waals surface area (Å²) in [4.78, 5) is 23.6. The van der Waals surface area contributed by atoms with Gasteiger partial charge in [0, 0.05) is 17.8 Å². The molecule has 0 saturated heterocycles. The van der Waals surface area contributed by atoms with E-state index in [4.69, 9.17) is 6.42 Å². The molecule has 3 N–H and O–H groups in total. The van der Waals surface area contributed by atoms with Crippen LogP contribution in [0.5, 0.6) is 0 Å². The van der Waals surface area contributed by atoms with Gasteiger partial charge >= 0.3 is 11.8 Å². The first-order valence-electron chi connectivity index (χ1n) is 7.18. The molecule has 1 aromatic rings. The number of rotatable bonds is 5. The molecule has 0 aliphatic rings. The summed E-state index contributed by atoms with van der Waals surface area (Å²) in [5, 5.41) is 15.1. The van der Waals surface area contributed by atoms with E-state index < -0.39 is 17.4 Å². The van der Waals surface area contributed by atoms with Gasteiger partial charge in [-0.3, -0.25) is 9.59 Å². The SMILES string of the molecule is C#Cc1cccc(NC(=O)C(=O)NC[C@@](C)(O)[C@@H](C)CC)c1. The summed E-state index contributed by atoms with van der Waals surface area (Å²) in [6.45, 7) is 5.48. The lowest BCUT2D eigenvalue weighted by atomic mass is 9.89. The Hall–Kier alpha value is -2.32. The normalized spacial score (nSPS) is 14.3. The predicted molar refractivity (Wildman–Crippen MR) is 86.1 cm³/mol. The first-order valence-corrected chi connectivity index (χ1v) is 7.18. The number of carbonyl (C=O) groups is 2. The highest BCUT2D eigenvalue weighted by Crippen LogP contribution is 2.18. The van der Waals surface area contributed by atoms with Crippen LogP contribution in [0.4, 0.5) is 5.69 Å². The summed E-state index contributed by atoms with van der Waals surface area (Å²) in [6, 6.07) is 6.65. The van der Waals surface area contributed by atoms with Crippen molar-refractivity contribution in [1.82, 2.24) is 5.32 Å². The van der Waals surface area contributed by atoms with Crippen LogP contribution in [-0.2, 0) is 9.59 Å². The predicted octanol–water partition coefficient (Wildman–Crippen LogP) is 1.52. The summed E-state index contributed by atoms with van der Waals surface area (Å²) in [7, 11) is 0. The number of hydrogen-bond acceptors (Lipinski definition) is 3. The molecular weight excluding hydrogens is 280 g/mol. The lowest BCUT2D eigenvalue weighted by Gasteiger charge is -2.29. The Labute approximate surface area is 131 Å². The maximum absolute atomic E-state index is 11.8. The van der Waals surface area contributed by atoms with E-state index in [0.717, 1.165) is 6.42 Å². The van der Waals surface area contributed by atoms with Crippen molar-refractivity contribution in [3.05, 3.63) is 29.8 Å². The van der Waals surface area contributed by atoms with Gasteiger partial charge in [-0.05, 0) is 31.0 Å². The summed E-state index contributed by atoms with van der Waals surface area (Å²) >= 11 is 0. The van der Waals surface area contributed by atoms with E-state index in [1.54, 1.807) is 31.2 Å². The Bertz CT molecular complexity index is 588. The molecule has 1 rings (SSSR count). The lowest BCUT2D eigenvalue weighted by molar-refractivity contribution is -0.137. The molecule has 0 spiro atoms. The van der Waals surface area contributed by atoms with Gasteiger partial charge in [0.05, 0.1) is 5.60 Å². The zero-order valence-corrected chi connectivity index (χ0v) is 13.1. The quantitative estimate of drug-likeness (QED) is 0.570. The zero-order valence-electron chi connectivity index (χ0n) is 13.1. The highest BCUT2D eigenvalue weighted by molar-refractivity contribution is 6.39. The van der Waals surface area contributed by atoms with Crippen LogP contribution in [0.1, 0.15) is 32.8 Å². The number of amides is 2. The van der Waals surface area contributed by atoms with E-state index in [-0.39, 0.29) is 12.5 Å². The molecule has 0 bridgehead atoms. The Balaban J connectivity index is 2.59. The highest BCUT2D eigenvalue weighted by Gasteiger charge is 2.28. The fraction of sp³-hybridized carbons (Fsp3) is 0.412. The summed E-state index contributed by atoms with van der Waals surface area (Å²) < 4.78 is 0. The van der Waals surface area contributed by atoms with Gasteiger partial charge in [-0.15, -0.1) is 6.42 Å². The second-order valence-corrected chi connectivity index (χ2v) is 5.53. The number of benzene rings is 1. The van der Waals surface area contributed by atoms with Crippen molar-refractivity contribution in [2.24, 2.45) is 5.92 Å². The van der Waals surface area contributed by atoms with Gasteiger partial charge in [-0.1, -0.05) is 32.3 Å². The third-order valence-corrected chi connectivity index (χ3v) is 3.77. The molecule has 5 nitrogen and oxygen atoms in total. The second kappa shape index (κ2) is 7.62. The highest BCUT2D eigenvalue weighted by atomic mass is 16.3. The molecule has 0 fully saturated rings. The average molecular weight is 302 g/mol. The van der Waals surface area contributed by atoms with Gasteiger partial charge in [0.15, 0.2) is 0 Å². The summed E-state index contributed by atoms with van der Waals surface area (Å²) in [6.07, 6.45) is 6.05. The number of carbonyl (C=O) groups excluding carboxylic acids is 2. The van der Waals surface area contributed by atoms with E-state index in [2.05, 4.69) is 16.6 Å². The summed E-state index contributed by atoms with van der Waals surface area (Å²) in [5.41, 5.74) is -0.00384. The smallest absolute Gasteiger partial charge is 0.313 e. The molecule has 0 saturated carbocycles. The Morgan fingerprint density at radius 1 is 1.41 bits per heavy atom. The van der Waals surface area contributed by atoms with E-state index in [0.29, 0.717) is 11.3 Å². The lowest BCUT2D eigenvalue weighted by Crippen LogP contribution is -2.47. The van der Waals surface area contributed by atoms with Crippen molar-refractivity contribution >= 4 is 17.5 Å². The van der Waals surface area contributed by atoms with Crippen LogP contribution in [0.2, 0.25) is 0 Å². The molecule has 0 heterocycles. The largest absolute Gasteiger partial charge is 0.388 e. The van der Waals surface area contributed by atoms with Crippen molar-refractivity contribution in [2.45, 2.75) is 32.8 Å². The van der Waals surface area contributed by atoms with E-state index in [1.807, 2.05) is 13.8 Å². The van der Waals surface area contributed by atoms with Crippen molar-refractivity contribution in [2.75, 3.05) is 11.9 Å². The van der Waals surface area contributed by atoms with Crippen LogP contribution >= 0.6 is 0 Å². The first kappa shape index (κ1) is 17.7. The van der Waals surface area contributed by atoms with Gasteiger partial charge in [0.1, 0.15) is 0 Å². The number of hydrogen-bond donors (Lipinski definition) is 3. The van der Waals surface area contributed by atoms with Crippen molar-refractivity contribution in [1.29, 1.82) is 0 Å². The van der Waals surface area contributed by atoms with E-state index >= 15 is 0 Å². The van der Waals surface area contributed by atoms with Crippen LogP contribution in [0.15, 0.2) is 24.3 Å². The number of anilines is 1. The topological polar surface area (TPSA) is 78.4 Å². The molecule has 118 valence electrons. The maximum Gasteiger partial charge on any atom is 0.313 e.